The fraction of sp³-hybridized carbons (Fsp3) is 0.471. The van der Waals surface area contributed by atoms with Gasteiger partial charge in [-0.3, -0.25) is 4.98 Å². The number of pyridine rings is 1. The molecule has 5 heteroatoms. The maximum absolute atomic E-state index is 4.78. The lowest BCUT2D eigenvalue weighted by Gasteiger charge is -2.37. The first-order chi connectivity index (χ1) is 10.6. The van der Waals surface area contributed by atoms with E-state index in [1.54, 1.807) is 6.20 Å². The van der Waals surface area contributed by atoms with Gasteiger partial charge in [0.25, 0.3) is 0 Å². The van der Waals surface area contributed by atoms with Crippen LogP contribution >= 0.6 is 0 Å². The minimum absolute atomic E-state index is 0.589. The molecule has 1 fully saturated rings. The van der Waals surface area contributed by atoms with Crippen LogP contribution in [0.5, 0.6) is 0 Å². The summed E-state index contributed by atoms with van der Waals surface area (Å²) in [4.78, 5) is 18.2. The van der Waals surface area contributed by atoms with Crippen LogP contribution < -0.4 is 4.90 Å². The maximum atomic E-state index is 4.78. The molecule has 116 valence electrons. The molecule has 0 bridgehead atoms. The molecule has 0 amide bonds. The van der Waals surface area contributed by atoms with Crippen LogP contribution in [0.4, 0.5) is 5.82 Å². The lowest BCUT2D eigenvalue weighted by atomic mass is 10.0. The van der Waals surface area contributed by atoms with Gasteiger partial charge in [0.2, 0.25) is 0 Å². The monoisotopic (exact) mass is 297 g/mol. The highest BCUT2D eigenvalue weighted by Crippen LogP contribution is 2.23. The largest absolute Gasteiger partial charge is 0.355 e. The molecule has 2 aromatic heterocycles. The van der Waals surface area contributed by atoms with Gasteiger partial charge in [-0.25, -0.2) is 9.97 Å². The zero-order valence-electron chi connectivity index (χ0n) is 13.5. The van der Waals surface area contributed by atoms with Crippen molar-refractivity contribution in [2.24, 2.45) is 0 Å². The van der Waals surface area contributed by atoms with E-state index in [9.17, 15) is 0 Å². The summed E-state index contributed by atoms with van der Waals surface area (Å²) in [5.74, 6) is 1.79. The Kier molecular flexibility index (Phi) is 4.34. The Morgan fingerprint density at radius 3 is 2.86 bits per heavy atom. The van der Waals surface area contributed by atoms with Gasteiger partial charge in [0.1, 0.15) is 5.82 Å². The molecule has 5 nitrogen and oxygen atoms in total. The Morgan fingerprint density at radius 2 is 2.14 bits per heavy atom. The molecule has 1 unspecified atom stereocenters. The second-order valence-electron chi connectivity index (χ2n) is 6.14. The summed E-state index contributed by atoms with van der Waals surface area (Å²) in [7, 11) is 4.31. The van der Waals surface area contributed by atoms with Crippen molar-refractivity contribution in [1.82, 2.24) is 19.9 Å². The minimum Gasteiger partial charge on any atom is -0.355 e. The summed E-state index contributed by atoms with van der Waals surface area (Å²) in [5.41, 5.74) is 1.96. The number of hydrogen-bond acceptors (Lipinski definition) is 5. The van der Waals surface area contributed by atoms with Gasteiger partial charge in [-0.2, -0.15) is 0 Å². The molecular weight excluding hydrogens is 274 g/mol. The van der Waals surface area contributed by atoms with Crippen molar-refractivity contribution in [1.29, 1.82) is 0 Å². The van der Waals surface area contributed by atoms with Crippen LogP contribution in [0.2, 0.25) is 0 Å². The number of rotatable bonds is 3. The number of anilines is 1. The number of likely N-dealkylation sites (N-methyl/N-ethyl adjacent to an activating group) is 1. The van der Waals surface area contributed by atoms with Crippen LogP contribution in [0, 0.1) is 6.92 Å². The van der Waals surface area contributed by atoms with Crippen molar-refractivity contribution in [3.8, 4) is 11.4 Å². The summed E-state index contributed by atoms with van der Waals surface area (Å²) in [6.07, 6.45) is 6.04. The normalized spacial score (nSPS) is 18.7. The molecule has 1 atom stereocenters. The van der Waals surface area contributed by atoms with Crippen LogP contribution in [-0.2, 0) is 0 Å². The summed E-state index contributed by atoms with van der Waals surface area (Å²) in [6, 6.07) is 6.59. The highest BCUT2D eigenvalue weighted by molar-refractivity contribution is 5.56. The highest BCUT2D eigenvalue weighted by Gasteiger charge is 2.23. The number of aryl methyl sites for hydroxylation is 1. The molecule has 0 aromatic carbocycles. The lowest BCUT2D eigenvalue weighted by Crippen LogP contribution is -2.45. The smallest absolute Gasteiger partial charge is 0.163 e. The number of piperidine rings is 1. The fourth-order valence-corrected chi connectivity index (χ4v) is 2.92. The van der Waals surface area contributed by atoms with E-state index < -0.39 is 0 Å². The first kappa shape index (κ1) is 14.9. The third-order valence-electron chi connectivity index (χ3n) is 4.21. The second kappa shape index (κ2) is 6.40. The van der Waals surface area contributed by atoms with E-state index in [0.29, 0.717) is 6.04 Å². The minimum atomic E-state index is 0.589. The van der Waals surface area contributed by atoms with Crippen LogP contribution in [0.15, 0.2) is 30.6 Å². The predicted octanol–water partition coefficient (Wildman–Crippen LogP) is 2.38. The average Bonchev–Trinajstić information content (AvgIpc) is 2.55. The standard InChI is InChI=1S/C17H23N5/c1-13-10-16(22-9-5-7-15(12-22)21(2)3)20-17(19-13)14-6-4-8-18-11-14/h4,6,8,10-11,15H,5,7,9,12H2,1-3H3. The van der Waals surface area contributed by atoms with Crippen LogP contribution in [0.1, 0.15) is 18.5 Å². The van der Waals surface area contributed by atoms with E-state index >= 15 is 0 Å². The molecule has 0 radical (unpaired) electrons. The van der Waals surface area contributed by atoms with Gasteiger partial charge in [0.15, 0.2) is 5.82 Å². The first-order valence-corrected chi connectivity index (χ1v) is 7.81. The van der Waals surface area contributed by atoms with Crippen molar-refractivity contribution in [2.75, 3.05) is 32.1 Å². The molecule has 22 heavy (non-hydrogen) atoms. The van der Waals surface area contributed by atoms with Gasteiger partial charge in [0, 0.05) is 48.8 Å². The van der Waals surface area contributed by atoms with Crippen LogP contribution in [-0.4, -0.2) is 53.1 Å². The Bertz CT molecular complexity index is 626. The quantitative estimate of drug-likeness (QED) is 0.870. The Hall–Kier alpha value is -2.01. The molecular formula is C17H23N5. The zero-order valence-corrected chi connectivity index (χ0v) is 13.5. The topological polar surface area (TPSA) is 45.2 Å². The third kappa shape index (κ3) is 3.25. The van der Waals surface area contributed by atoms with E-state index in [1.807, 2.05) is 25.3 Å². The van der Waals surface area contributed by atoms with Gasteiger partial charge < -0.3 is 9.80 Å². The predicted molar refractivity (Wildman–Crippen MR) is 88.9 cm³/mol. The zero-order chi connectivity index (χ0) is 15.5. The van der Waals surface area contributed by atoms with E-state index in [2.05, 4.69) is 39.9 Å². The molecule has 2 aromatic rings. The molecule has 0 saturated carbocycles. The van der Waals surface area contributed by atoms with E-state index in [1.165, 1.54) is 12.8 Å². The Labute approximate surface area is 132 Å². The van der Waals surface area contributed by atoms with Crippen molar-refractivity contribution in [3.63, 3.8) is 0 Å². The first-order valence-electron chi connectivity index (χ1n) is 7.81. The third-order valence-corrected chi connectivity index (χ3v) is 4.21. The van der Waals surface area contributed by atoms with Crippen molar-refractivity contribution in [3.05, 3.63) is 36.3 Å². The summed E-state index contributed by atoms with van der Waals surface area (Å²) < 4.78 is 0. The Morgan fingerprint density at radius 1 is 1.27 bits per heavy atom. The van der Waals surface area contributed by atoms with Crippen LogP contribution in [0.3, 0.4) is 0 Å². The van der Waals surface area contributed by atoms with Crippen LogP contribution in [0.25, 0.3) is 11.4 Å². The Balaban J connectivity index is 1.89. The molecule has 3 rings (SSSR count). The van der Waals surface area contributed by atoms with Gasteiger partial charge in [-0.1, -0.05) is 0 Å². The van der Waals surface area contributed by atoms with Crippen molar-refractivity contribution < 1.29 is 0 Å². The van der Waals surface area contributed by atoms with E-state index in [-0.39, 0.29) is 0 Å². The van der Waals surface area contributed by atoms with Gasteiger partial charge in [-0.05, 0) is 46.0 Å². The van der Waals surface area contributed by atoms with Crippen molar-refractivity contribution >= 4 is 5.82 Å². The molecule has 0 aliphatic carbocycles. The summed E-state index contributed by atoms with van der Waals surface area (Å²) in [6.45, 7) is 4.11. The number of aromatic nitrogens is 3. The van der Waals surface area contributed by atoms with E-state index in [4.69, 9.17) is 4.98 Å². The molecule has 1 aliphatic heterocycles. The molecule has 0 N–H and O–H groups in total. The van der Waals surface area contributed by atoms with Crippen molar-refractivity contribution in [2.45, 2.75) is 25.8 Å². The second-order valence-corrected chi connectivity index (χ2v) is 6.14. The highest BCUT2D eigenvalue weighted by atomic mass is 15.2. The van der Waals surface area contributed by atoms with Gasteiger partial charge in [0.05, 0.1) is 0 Å². The lowest BCUT2D eigenvalue weighted by molar-refractivity contribution is 0.257. The molecule has 3 heterocycles. The summed E-state index contributed by atoms with van der Waals surface area (Å²) in [5, 5.41) is 0. The average molecular weight is 297 g/mol. The molecule has 0 spiro atoms. The van der Waals surface area contributed by atoms with Gasteiger partial charge in [-0.15, -0.1) is 0 Å². The molecule has 1 saturated heterocycles. The fourth-order valence-electron chi connectivity index (χ4n) is 2.92. The maximum Gasteiger partial charge on any atom is 0.163 e. The SMILES string of the molecule is Cc1cc(N2CCCC(N(C)C)C2)nc(-c2cccnc2)n1. The number of hydrogen-bond donors (Lipinski definition) is 0. The van der Waals surface area contributed by atoms with E-state index in [0.717, 1.165) is 36.0 Å². The van der Waals surface area contributed by atoms with Gasteiger partial charge >= 0.3 is 0 Å². The number of nitrogens with zero attached hydrogens (tertiary/aromatic N) is 5. The summed E-state index contributed by atoms with van der Waals surface area (Å²) >= 11 is 0. The molecule has 1 aliphatic rings.